The molecular weight excluding hydrogens is 186 g/mol. The number of hydrogen-bond acceptors (Lipinski definition) is 1. The van der Waals surface area contributed by atoms with Crippen LogP contribution in [0.3, 0.4) is 0 Å². The maximum Gasteiger partial charge on any atom is 0.102 e. The molecule has 0 bridgehead atoms. The first-order chi connectivity index (χ1) is 7.33. The Morgan fingerprint density at radius 2 is 1.73 bits per heavy atom. The summed E-state index contributed by atoms with van der Waals surface area (Å²) in [4.78, 5) is 0. The Hall–Kier alpha value is -0.0800. The quantitative estimate of drug-likeness (QED) is 0.468. The van der Waals surface area contributed by atoms with Crippen molar-refractivity contribution in [1.29, 1.82) is 0 Å². The molecule has 2 nitrogen and oxygen atoms in total. The fraction of sp³-hybridized carbons (Fsp3) is 1.00. The first-order valence-electron chi connectivity index (χ1n) is 6.76. The van der Waals surface area contributed by atoms with Crippen molar-refractivity contribution >= 4 is 0 Å². The molecule has 0 aromatic heterocycles. The molecule has 90 valence electrons. The molecular formula is C13H28NO+. The van der Waals surface area contributed by atoms with Gasteiger partial charge in [-0.1, -0.05) is 13.3 Å². The lowest BCUT2D eigenvalue weighted by atomic mass is 10.1. The van der Waals surface area contributed by atoms with E-state index in [0.717, 1.165) is 13.2 Å². The summed E-state index contributed by atoms with van der Waals surface area (Å²) in [5.74, 6) is 0. The second-order valence-electron chi connectivity index (χ2n) is 4.85. The van der Waals surface area contributed by atoms with Crippen LogP contribution in [0.4, 0.5) is 0 Å². The highest BCUT2D eigenvalue weighted by Crippen LogP contribution is 2.19. The molecule has 1 saturated heterocycles. The SMILES string of the molecule is CCCC[N+]1(CCOCC)CCCCC1. The standard InChI is InChI=1S/C13H28NO/c1-3-5-9-14(12-13-15-4-2)10-7-6-8-11-14/h3-13H2,1-2H3/q+1. The van der Waals surface area contributed by atoms with Gasteiger partial charge in [0.25, 0.3) is 0 Å². The molecule has 1 aliphatic rings. The van der Waals surface area contributed by atoms with Crippen LogP contribution in [0.5, 0.6) is 0 Å². The summed E-state index contributed by atoms with van der Waals surface area (Å²) >= 11 is 0. The minimum Gasteiger partial charge on any atom is -0.376 e. The topological polar surface area (TPSA) is 9.23 Å². The summed E-state index contributed by atoms with van der Waals surface area (Å²) in [6.45, 7) is 11.6. The highest BCUT2D eigenvalue weighted by atomic mass is 16.5. The normalized spacial score (nSPS) is 20.4. The molecule has 0 atom stereocenters. The van der Waals surface area contributed by atoms with Crippen LogP contribution in [0.25, 0.3) is 0 Å². The predicted octanol–water partition coefficient (Wildman–Crippen LogP) is 2.82. The fourth-order valence-electron chi connectivity index (χ4n) is 2.64. The van der Waals surface area contributed by atoms with Gasteiger partial charge in [-0.25, -0.2) is 0 Å². The number of nitrogens with zero attached hydrogens (tertiary/aromatic N) is 1. The summed E-state index contributed by atoms with van der Waals surface area (Å²) < 4.78 is 6.87. The Morgan fingerprint density at radius 1 is 1.00 bits per heavy atom. The van der Waals surface area contributed by atoms with E-state index >= 15 is 0 Å². The van der Waals surface area contributed by atoms with Crippen molar-refractivity contribution in [3.8, 4) is 0 Å². The van der Waals surface area contributed by atoms with Gasteiger partial charge in [0.1, 0.15) is 6.54 Å². The Labute approximate surface area is 95.2 Å². The molecule has 1 aliphatic heterocycles. The van der Waals surface area contributed by atoms with Gasteiger partial charge < -0.3 is 9.22 Å². The van der Waals surface area contributed by atoms with Gasteiger partial charge in [0, 0.05) is 6.61 Å². The summed E-state index contributed by atoms with van der Waals surface area (Å²) in [5, 5.41) is 0. The molecule has 2 heteroatoms. The second kappa shape index (κ2) is 7.24. The number of rotatable bonds is 7. The molecule has 0 N–H and O–H groups in total. The zero-order chi connectivity index (χ0) is 11.0. The van der Waals surface area contributed by atoms with E-state index in [4.69, 9.17) is 4.74 Å². The van der Waals surface area contributed by atoms with Crippen LogP contribution in [0.2, 0.25) is 0 Å². The number of hydrogen-bond donors (Lipinski definition) is 0. The summed E-state index contributed by atoms with van der Waals surface area (Å²) in [5.41, 5.74) is 0. The van der Waals surface area contributed by atoms with Gasteiger partial charge in [-0.2, -0.15) is 0 Å². The zero-order valence-corrected chi connectivity index (χ0v) is 10.6. The molecule has 0 saturated carbocycles. The van der Waals surface area contributed by atoms with Gasteiger partial charge in [-0.05, 0) is 32.6 Å². The van der Waals surface area contributed by atoms with Gasteiger partial charge in [-0.15, -0.1) is 0 Å². The smallest absolute Gasteiger partial charge is 0.102 e. The molecule has 0 aliphatic carbocycles. The average molecular weight is 214 g/mol. The molecule has 1 fully saturated rings. The third-order valence-electron chi connectivity index (χ3n) is 3.67. The van der Waals surface area contributed by atoms with Crippen LogP contribution in [0.1, 0.15) is 46.0 Å². The lowest BCUT2D eigenvalue weighted by molar-refractivity contribution is -0.933. The molecule has 0 unspecified atom stereocenters. The molecule has 0 aromatic carbocycles. The highest BCUT2D eigenvalue weighted by molar-refractivity contribution is 4.55. The van der Waals surface area contributed by atoms with E-state index in [1.54, 1.807) is 0 Å². The Balaban J connectivity index is 2.35. The van der Waals surface area contributed by atoms with Crippen molar-refractivity contribution in [2.45, 2.75) is 46.0 Å². The van der Waals surface area contributed by atoms with Crippen molar-refractivity contribution in [2.24, 2.45) is 0 Å². The molecule has 0 radical (unpaired) electrons. The van der Waals surface area contributed by atoms with E-state index in [1.165, 1.54) is 62.8 Å². The van der Waals surface area contributed by atoms with Crippen LogP contribution >= 0.6 is 0 Å². The van der Waals surface area contributed by atoms with E-state index in [0.29, 0.717) is 0 Å². The van der Waals surface area contributed by atoms with Crippen LogP contribution in [0, 0.1) is 0 Å². The summed E-state index contributed by atoms with van der Waals surface area (Å²) in [6.07, 6.45) is 7.01. The third kappa shape index (κ3) is 4.52. The second-order valence-corrected chi connectivity index (χ2v) is 4.85. The Kier molecular flexibility index (Phi) is 6.26. The van der Waals surface area contributed by atoms with E-state index in [9.17, 15) is 0 Å². The minimum absolute atomic E-state index is 0.869. The monoisotopic (exact) mass is 214 g/mol. The van der Waals surface area contributed by atoms with Crippen molar-refractivity contribution in [3.05, 3.63) is 0 Å². The van der Waals surface area contributed by atoms with Gasteiger partial charge >= 0.3 is 0 Å². The third-order valence-corrected chi connectivity index (χ3v) is 3.67. The van der Waals surface area contributed by atoms with Crippen molar-refractivity contribution < 1.29 is 9.22 Å². The number of piperidine rings is 1. The maximum absolute atomic E-state index is 5.53. The molecule has 15 heavy (non-hydrogen) atoms. The van der Waals surface area contributed by atoms with Gasteiger partial charge in [0.2, 0.25) is 0 Å². The summed E-state index contributed by atoms with van der Waals surface area (Å²) in [6, 6.07) is 0. The van der Waals surface area contributed by atoms with Gasteiger partial charge in [-0.3, -0.25) is 0 Å². The number of quaternary nitrogens is 1. The molecule has 1 rings (SSSR count). The number of unbranched alkanes of at least 4 members (excludes halogenated alkanes) is 1. The first-order valence-corrected chi connectivity index (χ1v) is 6.76. The maximum atomic E-state index is 5.53. The number of ether oxygens (including phenoxy) is 1. The highest BCUT2D eigenvalue weighted by Gasteiger charge is 2.28. The van der Waals surface area contributed by atoms with E-state index in [2.05, 4.69) is 13.8 Å². The van der Waals surface area contributed by atoms with Gasteiger partial charge in [0.15, 0.2) is 0 Å². The van der Waals surface area contributed by atoms with Crippen LogP contribution < -0.4 is 0 Å². The Morgan fingerprint density at radius 3 is 2.33 bits per heavy atom. The fourth-order valence-corrected chi connectivity index (χ4v) is 2.64. The van der Waals surface area contributed by atoms with Crippen molar-refractivity contribution in [2.75, 3.05) is 39.4 Å². The Bertz CT molecular complexity index is 153. The molecule has 1 heterocycles. The van der Waals surface area contributed by atoms with Crippen LogP contribution in [0.15, 0.2) is 0 Å². The average Bonchev–Trinajstić information content (AvgIpc) is 2.28. The molecule has 0 spiro atoms. The van der Waals surface area contributed by atoms with Crippen LogP contribution in [-0.4, -0.2) is 43.9 Å². The number of likely N-dealkylation sites (tertiary alicyclic amines) is 1. The summed E-state index contributed by atoms with van der Waals surface area (Å²) in [7, 11) is 0. The first kappa shape index (κ1) is 13.0. The van der Waals surface area contributed by atoms with Gasteiger partial charge in [0.05, 0.1) is 26.2 Å². The predicted molar refractivity (Wildman–Crippen MR) is 65.0 cm³/mol. The lowest BCUT2D eigenvalue weighted by Gasteiger charge is -2.41. The van der Waals surface area contributed by atoms with Crippen molar-refractivity contribution in [3.63, 3.8) is 0 Å². The lowest BCUT2D eigenvalue weighted by Crippen LogP contribution is -2.53. The molecule has 0 amide bonds. The van der Waals surface area contributed by atoms with E-state index < -0.39 is 0 Å². The largest absolute Gasteiger partial charge is 0.376 e. The molecule has 0 aromatic rings. The van der Waals surface area contributed by atoms with Crippen molar-refractivity contribution in [1.82, 2.24) is 0 Å². The van der Waals surface area contributed by atoms with E-state index in [1.807, 2.05) is 0 Å². The van der Waals surface area contributed by atoms with E-state index in [-0.39, 0.29) is 0 Å². The minimum atomic E-state index is 0.869. The zero-order valence-electron chi connectivity index (χ0n) is 10.6. The van der Waals surface area contributed by atoms with Crippen LogP contribution in [-0.2, 0) is 4.74 Å².